The predicted octanol–water partition coefficient (Wildman–Crippen LogP) is 2.88. The molecule has 0 unspecified atom stereocenters. The van der Waals surface area contributed by atoms with Gasteiger partial charge in [0, 0.05) is 32.1 Å². The van der Waals surface area contributed by atoms with Crippen LogP contribution >= 0.6 is 0 Å². The number of nitrogens with zero attached hydrogens (tertiary/aromatic N) is 4. The summed E-state index contributed by atoms with van der Waals surface area (Å²) in [6.45, 7) is 2.50. The van der Waals surface area contributed by atoms with E-state index in [1.165, 1.54) is 0 Å². The molecule has 0 spiro atoms. The highest BCUT2D eigenvalue weighted by Gasteiger charge is 2.33. The third-order valence-electron chi connectivity index (χ3n) is 4.69. The zero-order valence-electron chi connectivity index (χ0n) is 14.4. The zero-order chi connectivity index (χ0) is 17.9. The quantitative estimate of drug-likeness (QED) is 0.841. The highest BCUT2D eigenvalue weighted by Crippen LogP contribution is 2.41. The first kappa shape index (κ1) is 16.5. The molecular weight excluding hydrogens is 332 g/mol. The van der Waals surface area contributed by atoms with Gasteiger partial charge in [-0.2, -0.15) is 5.26 Å². The Labute approximate surface area is 151 Å². The Morgan fingerprint density at radius 1 is 1.23 bits per heavy atom. The van der Waals surface area contributed by atoms with Crippen LogP contribution in [0.3, 0.4) is 0 Å². The molecule has 1 aliphatic heterocycles. The van der Waals surface area contributed by atoms with E-state index >= 15 is 0 Å². The normalized spacial score (nSPS) is 17.0. The Kier molecular flexibility index (Phi) is 4.48. The van der Waals surface area contributed by atoms with Crippen molar-refractivity contribution in [3.05, 3.63) is 47.5 Å². The van der Waals surface area contributed by atoms with Crippen molar-refractivity contribution in [3.63, 3.8) is 0 Å². The number of hydrogen-bond acceptors (Lipinski definition) is 6. The first-order valence-electron chi connectivity index (χ1n) is 8.86. The van der Waals surface area contributed by atoms with Gasteiger partial charge in [0.15, 0.2) is 0 Å². The lowest BCUT2D eigenvalue weighted by Crippen LogP contribution is -2.49. The first-order valence-corrected chi connectivity index (χ1v) is 8.86. The summed E-state index contributed by atoms with van der Waals surface area (Å²) in [6, 6.07) is 11.7. The van der Waals surface area contributed by atoms with Crippen LogP contribution in [0.2, 0.25) is 0 Å². The maximum atomic E-state index is 12.2. The molecule has 0 N–H and O–H groups in total. The number of anilines is 1. The second-order valence-corrected chi connectivity index (χ2v) is 6.61. The minimum absolute atomic E-state index is 0.269. The summed E-state index contributed by atoms with van der Waals surface area (Å²) in [4.78, 5) is 20.2. The van der Waals surface area contributed by atoms with Gasteiger partial charge in [-0.1, -0.05) is 30.3 Å². The molecule has 1 aromatic carbocycles. The molecule has 26 heavy (non-hydrogen) atoms. The van der Waals surface area contributed by atoms with Crippen molar-refractivity contribution in [2.75, 3.05) is 31.1 Å². The molecule has 1 aliphatic carbocycles. The summed E-state index contributed by atoms with van der Waals surface area (Å²) in [5, 5.41) is 9.30. The average Bonchev–Trinajstić information content (AvgIpc) is 3.46. The summed E-state index contributed by atoms with van der Waals surface area (Å²) in [7, 11) is 0. The number of carbonyl (C=O) groups is 1. The number of piperazine rings is 1. The van der Waals surface area contributed by atoms with E-state index in [-0.39, 0.29) is 12.7 Å². The van der Waals surface area contributed by atoms with Gasteiger partial charge >= 0.3 is 6.09 Å². The number of oxazole rings is 1. The fourth-order valence-electron chi connectivity index (χ4n) is 3.02. The van der Waals surface area contributed by atoms with E-state index in [9.17, 15) is 10.1 Å². The van der Waals surface area contributed by atoms with Gasteiger partial charge < -0.3 is 19.0 Å². The van der Waals surface area contributed by atoms with E-state index in [1.54, 1.807) is 4.90 Å². The third kappa shape index (κ3) is 3.49. The van der Waals surface area contributed by atoms with Crippen molar-refractivity contribution >= 4 is 12.0 Å². The smallest absolute Gasteiger partial charge is 0.410 e. The summed E-state index contributed by atoms with van der Waals surface area (Å²) >= 11 is 0. The van der Waals surface area contributed by atoms with Crippen LogP contribution in [0.4, 0.5) is 10.7 Å². The number of amides is 1. The van der Waals surface area contributed by atoms with E-state index in [4.69, 9.17) is 9.15 Å². The number of rotatable bonds is 4. The van der Waals surface area contributed by atoms with Crippen LogP contribution in [0.15, 0.2) is 34.7 Å². The van der Waals surface area contributed by atoms with E-state index < -0.39 is 0 Å². The van der Waals surface area contributed by atoms with Gasteiger partial charge in [-0.3, -0.25) is 0 Å². The molecule has 2 aliphatic rings. The van der Waals surface area contributed by atoms with E-state index in [0.29, 0.717) is 49.6 Å². The monoisotopic (exact) mass is 352 g/mol. The molecule has 134 valence electrons. The van der Waals surface area contributed by atoms with Crippen LogP contribution in [0.25, 0.3) is 0 Å². The number of ether oxygens (including phenoxy) is 1. The Balaban J connectivity index is 1.32. The van der Waals surface area contributed by atoms with Crippen LogP contribution < -0.4 is 4.90 Å². The van der Waals surface area contributed by atoms with Crippen LogP contribution in [-0.4, -0.2) is 42.2 Å². The molecule has 0 bridgehead atoms. The molecule has 1 saturated carbocycles. The molecule has 2 aromatic rings. The van der Waals surface area contributed by atoms with Crippen LogP contribution in [0.5, 0.6) is 0 Å². The molecule has 7 heteroatoms. The second-order valence-electron chi connectivity index (χ2n) is 6.61. The predicted molar refractivity (Wildman–Crippen MR) is 93.6 cm³/mol. The number of hydrogen-bond donors (Lipinski definition) is 0. The molecule has 1 aromatic heterocycles. The standard InChI is InChI=1S/C19H20N4O3/c20-12-16-18(26-17(21-16)15-6-7-15)22-8-10-23(11-9-22)19(24)25-13-14-4-2-1-3-5-14/h1-5,15H,6-11,13H2. The molecule has 2 fully saturated rings. The van der Waals surface area contributed by atoms with E-state index in [0.717, 1.165) is 18.4 Å². The van der Waals surface area contributed by atoms with Crippen LogP contribution in [-0.2, 0) is 11.3 Å². The van der Waals surface area contributed by atoms with Gasteiger partial charge in [-0.05, 0) is 18.4 Å². The molecular formula is C19H20N4O3. The Morgan fingerprint density at radius 3 is 2.62 bits per heavy atom. The fourth-order valence-corrected chi connectivity index (χ4v) is 3.02. The van der Waals surface area contributed by atoms with Crippen molar-refractivity contribution in [3.8, 4) is 6.07 Å². The van der Waals surface area contributed by atoms with Gasteiger partial charge in [0.05, 0.1) is 0 Å². The van der Waals surface area contributed by atoms with Gasteiger partial charge in [-0.25, -0.2) is 9.78 Å². The average molecular weight is 352 g/mol. The highest BCUT2D eigenvalue weighted by molar-refractivity contribution is 5.68. The van der Waals surface area contributed by atoms with E-state index in [1.807, 2.05) is 35.2 Å². The van der Waals surface area contributed by atoms with Gasteiger partial charge in [0.1, 0.15) is 12.7 Å². The van der Waals surface area contributed by atoms with Crippen LogP contribution in [0, 0.1) is 11.3 Å². The topological polar surface area (TPSA) is 82.6 Å². The minimum Gasteiger partial charge on any atom is -0.445 e. The van der Waals surface area contributed by atoms with Gasteiger partial charge in [0.2, 0.25) is 17.5 Å². The lowest BCUT2D eigenvalue weighted by molar-refractivity contribution is 0.0938. The van der Waals surface area contributed by atoms with Crippen molar-refractivity contribution in [2.45, 2.75) is 25.4 Å². The van der Waals surface area contributed by atoms with Crippen molar-refractivity contribution in [2.24, 2.45) is 0 Å². The molecule has 1 amide bonds. The minimum atomic E-state index is -0.315. The summed E-state index contributed by atoms with van der Waals surface area (Å²) in [5.74, 6) is 1.57. The summed E-state index contributed by atoms with van der Waals surface area (Å²) < 4.78 is 11.2. The number of benzene rings is 1. The molecule has 0 atom stereocenters. The maximum Gasteiger partial charge on any atom is 0.410 e. The summed E-state index contributed by atoms with van der Waals surface area (Å²) in [6.07, 6.45) is 1.84. The lowest BCUT2D eigenvalue weighted by Gasteiger charge is -2.33. The van der Waals surface area contributed by atoms with Crippen molar-refractivity contribution in [1.82, 2.24) is 9.88 Å². The lowest BCUT2D eigenvalue weighted by atomic mass is 10.2. The Morgan fingerprint density at radius 2 is 1.96 bits per heavy atom. The Hall–Kier alpha value is -3.01. The Bertz CT molecular complexity index is 815. The van der Waals surface area contributed by atoms with Crippen molar-refractivity contribution < 1.29 is 13.9 Å². The fraction of sp³-hybridized carbons (Fsp3) is 0.421. The van der Waals surface area contributed by atoms with Crippen molar-refractivity contribution in [1.29, 1.82) is 5.26 Å². The van der Waals surface area contributed by atoms with Gasteiger partial charge in [-0.15, -0.1) is 0 Å². The largest absolute Gasteiger partial charge is 0.445 e. The summed E-state index contributed by atoms with van der Waals surface area (Å²) in [5.41, 5.74) is 1.31. The number of carbonyl (C=O) groups excluding carboxylic acids is 1. The van der Waals surface area contributed by atoms with E-state index in [2.05, 4.69) is 11.1 Å². The number of nitriles is 1. The molecule has 1 saturated heterocycles. The first-order chi connectivity index (χ1) is 12.7. The third-order valence-corrected chi connectivity index (χ3v) is 4.69. The molecule has 2 heterocycles. The SMILES string of the molecule is N#Cc1nc(C2CC2)oc1N1CCN(C(=O)OCc2ccccc2)CC1. The molecule has 7 nitrogen and oxygen atoms in total. The van der Waals surface area contributed by atoms with Gasteiger partial charge in [0.25, 0.3) is 0 Å². The highest BCUT2D eigenvalue weighted by atomic mass is 16.6. The zero-order valence-corrected chi connectivity index (χ0v) is 14.4. The molecule has 4 rings (SSSR count). The maximum absolute atomic E-state index is 12.2. The molecule has 0 radical (unpaired) electrons. The second kappa shape index (κ2) is 7.08. The van der Waals surface area contributed by atoms with Crippen LogP contribution in [0.1, 0.15) is 35.9 Å². The number of aromatic nitrogens is 1.